The molecule has 0 radical (unpaired) electrons. The summed E-state index contributed by atoms with van der Waals surface area (Å²) in [6, 6.07) is 58.4. The molecule has 7 aromatic rings. The topological polar surface area (TPSA) is 3.24 Å². The van der Waals surface area contributed by atoms with E-state index in [1.165, 1.54) is 102 Å². The molecule has 1 fully saturated rings. The van der Waals surface area contributed by atoms with Gasteiger partial charge < -0.3 is 4.90 Å². The first kappa shape index (κ1) is 25.9. The van der Waals surface area contributed by atoms with Gasteiger partial charge in [0.2, 0.25) is 0 Å². The molecule has 0 aromatic heterocycles. The summed E-state index contributed by atoms with van der Waals surface area (Å²) in [5, 5.41) is 8.86. The minimum Gasteiger partial charge on any atom is -0.310 e. The zero-order chi connectivity index (χ0) is 30.7. The highest BCUT2D eigenvalue weighted by molar-refractivity contribution is 7.25. The third-order valence-corrected chi connectivity index (χ3v) is 17.0. The van der Waals surface area contributed by atoms with Crippen LogP contribution in [0.1, 0.15) is 36.8 Å². The Morgan fingerprint density at radius 3 is 1.74 bits per heavy atom. The number of nitrogens with zero attached hydrogens (tertiary/aromatic N) is 1. The Morgan fingerprint density at radius 1 is 0.468 bits per heavy atom. The van der Waals surface area contributed by atoms with Gasteiger partial charge in [0.05, 0.1) is 11.4 Å². The summed E-state index contributed by atoms with van der Waals surface area (Å²) in [5.41, 5.74) is 12.7. The molecule has 1 unspecified atom stereocenters. The van der Waals surface area contributed by atoms with E-state index in [-0.39, 0.29) is 5.41 Å². The smallest absolute Gasteiger partial charge is 0.182 e. The summed E-state index contributed by atoms with van der Waals surface area (Å²) < 4.78 is 0. The third kappa shape index (κ3) is 3.10. The predicted molar refractivity (Wildman–Crippen MR) is 199 cm³/mol. The van der Waals surface area contributed by atoms with E-state index in [1.807, 2.05) is 0 Å². The van der Waals surface area contributed by atoms with Crippen molar-refractivity contribution in [2.45, 2.75) is 31.1 Å². The SMILES string of the molecule is c1ccc2c(c1)-c1ccc(N3c4ccccc4C4(CCCC4)c4ccccc43)cc1[Si]21c2ccccc2-c2ccc3ccccc3c21. The number of fused-ring (bicyclic) bond motifs is 16. The molecule has 0 amide bonds. The van der Waals surface area contributed by atoms with E-state index in [4.69, 9.17) is 0 Å². The van der Waals surface area contributed by atoms with Gasteiger partial charge >= 0.3 is 0 Å². The molecule has 1 atom stereocenters. The summed E-state index contributed by atoms with van der Waals surface area (Å²) >= 11 is 0. The van der Waals surface area contributed by atoms with Crippen LogP contribution in [-0.2, 0) is 5.41 Å². The van der Waals surface area contributed by atoms with Crippen molar-refractivity contribution in [2.75, 3.05) is 4.90 Å². The first-order valence-electron chi connectivity index (χ1n) is 17.2. The first-order valence-corrected chi connectivity index (χ1v) is 19.2. The number of rotatable bonds is 1. The molecule has 0 N–H and O–H groups in total. The average molecular weight is 616 g/mol. The van der Waals surface area contributed by atoms with Gasteiger partial charge in [-0.3, -0.25) is 0 Å². The van der Waals surface area contributed by atoms with Crippen molar-refractivity contribution >= 4 is 56.7 Å². The van der Waals surface area contributed by atoms with Crippen LogP contribution in [-0.4, -0.2) is 8.07 Å². The van der Waals surface area contributed by atoms with Gasteiger partial charge in [-0.1, -0.05) is 140 Å². The molecule has 47 heavy (non-hydrogen) atoms. The van der Waals surface area contributed by atoms with Crippen molar-refractivity contribution in [3.63, 3.8) is 0 Å². The number of hydrogen-bond acceptors (Lipinski definition) is 1. The van der Waals surface area contributed by atoms with Crippen molar-refractivity contribution in [2.24, 2.45) is 0 Å². The Balaban J connectivity index is 1.24. The molecule has 3 heterocycles. The lowest BCUT2D eigenvalue weighted by Crippen LogP contribution is -2.71. The summed E-state index contributed by atoms with van der Waals surface area (Å²) in [6.07, 6.45) is 5.04. The van der Waals surface area contributed by atoms with E-state index in [9.17, 15) is 0 Å². The van der Waals surface area contributed by atoms with E-state index in [0.29, 0.717) is 0 Å². The largest absolute Gasteiger partial charge is 0.310 e. The van der Waals surface area contributed by atoms with Crippen LogP contribution >= 0.6 is 0 Å². The second kappa shape index (κ2) is 9.21. The van der Waals surface area contributed by atoms with Crippen LogP contribution in [0.2, 0.25) is 0 Å². The molecule has 1 saturated carbocycles. The quantitative estimate of drug-likeness (QED) is 0.167. The molecule has 3 aliphatic heterocycles. The first-order chi connectivity index (χ1) is 23.3. The van der Waals surface area contributed by atoms with Gasteiger partial charge in [-0.25, -0.2) is 0 Å². The maximum atomic E-state index is 2.61. The fraction of sp³-hybridized carbons (Fsp3) is 0.111. The van der Waals surface area contributed by atoms with Crippen LogP contribution in [0.4, 0.5) is 17.1 Å². The van der Waals surface area contributed by atoms with Gasteiger partial charge in [0.25, 0.3) is 0 Å². The van der Waals surface area contributed by atoms with Crippen molar-refractivity contribution < 1.29 is 0 Å². The third-order valence-electron chi connectivity index (χ3n) is 12.0. The van der Waals surface area contributed by atoms with Crippen LogP contribution < -0.4 is 25.6 Å². The lowest BCUT2D eigenvalue weighted by molar-refractivity contribution is 0.530. The van der Waals surface area contributed by atoms with Crippen LogP contribution in [0, 0.1) is 0 Å². The maximum absolute atomic E-state index is 2.65. The van der Waals surface area contributed by atoms with Crippen molar-refractivity contribution in [3.05, 3.63) is 163 Å². The van der Waals surface area contributed by atoms with Crippen LogP contribution in [0.25, 0.3) is 33.0 Å². The molecule has 4 aliphatic rings. The molecule has 1 nitrogen and oxygen atoms in total. The fourth-order valence-corrected chi connectivity index (χ4v) is 16.1. The highest BCUT2D eigenvalue weighted by Crippen LogP contribution is 2.58. The van der Waals surface area contributed by atoms with Crippen molar-refractivity contribution in [1.29, 1.82) is 0 Å². The predicted octanol–water partition coefficient (Wildman–Crippen LogP) is 8.82. The van der Waals surface area contributed by atoms with Gasteiger partial charge in [0.15, 0.2) is 8.07 Å². The Bertz CT molecular complexity index is 2390. The number of para-hydroxylation sites is 2. The minimum absolute atomic E-state index is 0.106. The van der Waals surface area contributed by atoms with E-state index < -0.39 is 8.07 Å². The average Bonchev–Trinajstić information content (AvgIpc) is 3.82. The number of anilines is 3. The van der Waals surface area contributed by atoms with Gasteiger partial charge in [-0.2, -0.15) is 0 Å². The van der Waals surface area contributed by atoms with E-state index in [0.717, 1.165) is 0 Å². The van der Waals surface area contributed by atoms with E-state index >= 15 is 0 Å². The maximum Gasteiger partial charge on any atom is 0.182 e. The zero-order valence-corrected chi connectivity index (χ0v) is 27.2. The lowest BCUT2D eigenvalue weighted by Gasteiger charge is -2.44. The Labute approximate surface area is 276 Å². The molecule has 2 spiro atoms. The summed E-state index contributed by atoms with van der Waals surface area (Å²) in [4.78, 5) is 2.59. The standard InChI is InChI=1S/C45H33NSi/c1-2-14-32-30(13-1)23-25-36-34-16-4-10-22-42(34)47(44(32)36)41-21-9-3-15-33(41)35-26-24-31(29-43(35)47)46-39-19-7-5-17-37(39)45(27-11-12-28-45)38-18-6-8-20-40(38)46/h1-10,13-26,29H,11-12,27-28H2. The zero-order valence-electron chi connectivity index (χ0n) is 26.2. The Hall–Kier alpha value is -5.18. The van der Waals surface area contributed by atoms with Crippen LogP contribution in [0.3, 0.4) is 0 Å². The fourth-order valence-electron chi connectivity index (χ4n) is 10.3. The van der Waals surface area contributed by atoms with Crippen molar-refractivity contribution in [1.82, 2.24) is 0 Å². The second-order valence-electron chi connectivity index (χ2n) is 13.9. The van der Waals surface area contributed by atoms with Gasteiger partial charge in [0.1, 0.15) is 0 Å². The van der Waals surface area contributed by atoms with Crippen LogP contribution in [0.15, 0.2) is 152 Å². The summed E-state index contributed by atoms with van der Waals surface area (Å²) in [7, 11) is -2.65. The molecule has 11 rings (SSSR count). The van der Waals surface area contributed by atoms with Gasteiger partial charge in [0, 0.05) is 11.1 Å². The molecule has 0 bridgehead atoms. The van der Waals surface area contributed by atoms with E-state index in [1.54, 1.807) is 5.19 Å². The van der Waals surface area contributed by atoms with Gasteiger partial charge in [-0.15, -0.1) is 0 Å². The van der Waals surface area contributed by atoms with E-state index in [2.05, 4.69) is 157 Å². The van der Waals surface area contributed by atoms with Gasteiger partial charge in [-0.05, 0) is 102 Å². The molecule has 0 saturated heterocycles. The summed E-state index contributed by atoms with van der Waals surface area (Å²) in [5.74, 6) is 0. The second-order valence-corrected chi connectivity index (χ2v) is 17.6. The Morgan fingerprint density at radius 2 is 1.02 bits per heavy atom. The molecule has 1 aliphatic carbocycles. The molecule has 222 valence electrons. The molecular weight excluding hydrogens is 583 g/mol. The van der Waals surface area contributed by atoms with Crippen LogP contribution in [0.5, 0.6) is 0 Å². The minimum atomic E-state index is -2.65. The normalized spacial score (nSPS) is 18.9. The number of benzene rings is 7. The highest BCUT2D eigenvalue weighted by Gasteiger charge is 2.55. The lowest BCUT2D eigenvalue weighted by atomic mass is 9.69. The molecule has 2 heteroatoms. The monoisotopic (exact) mass is 615 g/mol. The molecule has 7 aromatic carbocycles. The Kier molecular flexibility index (Phi) is 5.09. The highest BCUT2D eigenvalue weighted by atomic mass is 28.3. The molecular formula is C45H33NSi. The number of hydrogen-bond donors (Lipinski definition) is 0. The summed E-state index contributed by atoms with van der Waals surface area (Å²) in [6.45, 7) is 0. The van der Waals surface area contributed by atoms with Crippen molar-refractivity contribution in [3.8, 4) is 22.3 Å².